The molecule has 1 aliphatic heterocycles. The molecule has 0 spiro atoms. The fourth-order valence-corrected chi connectivity index (χ4v) is 4.14. The second-order valence-corrected chi connectivity index (χ2v) is 8.29. The highest BCUT2D eigenvalue weighted by Gasteiger charge is 2.35. The molecule has 33 heavy (non-hydrogen) atoms. The third kappa shape index (κ3) is 5.11. The Morgan fingerprint density at radius 2 is 1.82 bits per heavy atom. The van der Waals surface area contributed by atoms with Crippen LogP contribution in [0.4, 0.5) is 13.2 Å². The average molecular weight is 480 g/mol. The zero-order valence-electron chi connectivity index (χ0n) is 17.5. The summed E-state index contributed by atoms with van der Waals surface area (Å²) in [4.78, 5) is 26.8. The van der Waals surface area contributed by atoms with E-state index in [1.807, 2.05) is 18.2 Å². The molecule has 2 amide bonds. The maximum absolute atomic E-state index is 13.2. The van der Waals surface area contributed by atoms with Gasteiger partial charge in [0.2, 0.25) is 5.91 Å². The zero-order valence-corrected chi connectivity index (χ0v) is 18.2. The Kier molecular flexibility index (Phi) is 6.55. The lowest BCUT2D eigenvalue weighted by Crippen LogP contribution is -2.43. The summed E-state index contributed by atoms with van der Waals surface area (Å²) >= 11 is 5.84. The fraction of sp³-hybridized carbons (Fsp3) is 0.364. The first-order chi connectivity index (χ1) is 15.7. The van der Waals surface area contributed by atoms with Crippen molar-refractivity contribution in [3.05, 3.63) is 64.6 Å². The van der Waals surface area contributed by atoms with Gasteiger partial charge in [0.15, 0.2) is 5.65 Å². The predicted molar refractivity (Wildman–Crippen MR) is 115 cm³/mol. The number of nitrogens with one attached hydrogen (secondary N) is 1. The van der Waals surface area contributed by atoms with Crippen molar-refractivity contribution < 1.29 is 22.8 Å². The summed E-state index contributed by atoms with van der Waals surface area (Å²) in [6.45, 7) is 1.16. The first-order valence-corrected chi connectivity index (χ1v) is 10.8. The largest absolute Gasteiger partial charge is 0.420 e. The lowest BCUT2D eigenvalue weighted by Gasteiger charge is -2.31. The summed E-state index contributed by atoms with van der Waals surface area (Å²) in [6.07, 6.45) is -2.01. The summed E-state index contributed by atoms with van der Waals surface area (Å²) in [7, 11) is 0. The van der Waals surface area contributed by atoms with Crippen molar-refractivity contribution in [1.29, 1.82) is 0 Å². The molecule has 174 valence electrons. The van der Waals surface area contributed by atoms with Gasteiger partial charge in [-0.25, -0.2) is 0 Å². The molecule has 11 heteroatoms. The number of hydrogen-bond donors (Lipinski definition) is 1. The number of carbonyl (C=O) groups is 2. The minimum absolute atomic E-state index is 0.0509. The van der Waals surface area contributed by atoms with Crippen LogP contribution in [0.1, 0.15) is 34.6 Å². The van der Waals surface area contributed by atoms with Crippen LogP contribution >= 0.6 is 11.6 Å². The number of halogens is 4. The molecule has 3 aromatic rings. The number of carbonyl (C=O) groups excluding carboxylic acids is 2. The third-order valence-electron chi connectivity index (χ3n) is 5.67. The second kappa shape index (κ2) is 9.38. The molecule has 1 saturated heterocycles. The Balaban J connectivity index is 1.31. The van der Waals surface area contributed by atoms with Crippen LogP contribution in [0, 0.1) is 5.92 Å². The molecule has 0 radical (unpaired) electrons. The van der Waals surface area contributed by atoms with E-state index < -0.39 is 11.7 Å². The SMILES string of the molecule is O=C(NCCc1nnc2c(C(F)(F)F)cc(Cl)cn12)C1CCN(C(=O)c2ccccc2)CC1. The van der Waals surface area contributed by atoms with Crippen LogP contribution in [0.25, 0.3) is 5.65 Å². The molecule has 0 unspecified atom stereocenters. The molecular weight excluding hydrogens is 459 g/mol. The predicted octanol–water partition coefficient (Wildman–Crippen LogP) is 3.61. The number of amides is 2. The van der Waals surface area contributed by atoms with Crippen molar-refractivity contribution in [3.63, 3.8) is 0 Å². The lowest BCUT2D eigenvalue weighted by atomic mass is 9.95. The van der Waals surface area contributed by atoms with Crippen LogP contribution in [0.5, 0.6) is 0 Å². The van der Waals surface area contributed by atoms with Gasteiger partial charge < -0.3 is 10.2 Å². The Labute approximate surface area is 192 Å². The molecule has 1 aliphatic rings. The van der Waals surface area contributed by atoms with E-state index in [4.69, 9.17) is 11.6 Å². The van der Waals surface area contributed by atoms with E-state index in [-0.39, 0.29) is 47.2 Å². The minimum atomic E-state index is -4.61. The molecular formula is C22H21ClF3N5O2. The third-order valence-corrected chi connectivity index (χ3v) is 5.88. The van der Waals surface area contributed by atoms with Crippen molar-refractivity contribution in [2.75, 3.05) is 19.6 Å². The highest BCUT2D eigenvalue weighted by Crippen LogP contribution is 2.33. The maximum Gasteiger partial charge on any atom is 0.420 e. The van der Waals surface area contributed by atoms with E-state index in [0.717, 1.165) is 6.07 Å². The number of pyridine rings is 1. The standard InChI is InChI=1S/C22H21ClF3N5O2/c23-16-12-17(22(24,25)26)19-29-28-18(31(19)13-16)6-9-27-20(32)14-7-10-30(11-8-14)21(33)15-4-2-1-3-5-15/h1-5,12-14H,6-11H2,(H,27,32). The van der Waals surface area contributed by atoms with Gasteiger partial charge in [-0.2, -0.15) is 13.2 Å². The van der Waals surface area contributed by atoms with Crippen LogP contribution in [0.2, 0.25) is 5.02 Å². The molecule has 1 N–H and O–H groups in total. The van der Waals surface area contributed by atoms with E-state index in [9.17, 15) is 22.8 Å². The monoisotopic (exact) mass is 479 g/mol. The van der Waals surface area contributed by atoms with Gasteiger partial charge in [-0.1, -0.05) is 29.8 Å². The summed E-state index contributed by atoms with van der Waals surface area (Å²) in [5, 5.41) is 10.2. The van der Waals surface area contributed by atoms with Gasteiger partial charge >= 0.3 is 6.18 Å². The van der Waals surface area contributed by atoms with Crippen molar-refractivity contribution in [1.82, 2.24) is 24.8 Å². The molecule has 1 fully saturated rings. The van der Waals surface area contributed by atoms with Crippen molar-refractivity contribution in [2.45, 2.75) is 25.4 Å². The molecule has 3 heterocycles. The first-order valence-electron chi connectivity index (χ1n) is 10.5. The number of aromatic nitrogens is 3. The van der Waals surface area contributed by atoms with Crippen LogP contribution in [-0.4, -0.2) is 50.9 Å². The number of benzene rings is 1. The second-order valence-electron chi connectivity index (χ2n) is 7.85. The molecule has 0 atom stereocenters. The number of likely N-dealkylation sites (tertiary alicyclic amines) is 1. The quantitative estimate of drug-likeness (QED) is 0.606. The Hall–Kier alpha value is -3.14. The summed E-state index contributed by atoms with van der Waals surface area (Å²) < 4.78 is 40.9. The van der Waals surface area contributed by atoms with Gasteiger partial charge in [0, 0.05) is 43.7 Å². The van der Waals surface area contributed by atoms with Crippen LogP contribution in [0.15, 0.2) is 42.6 Å². The van der Waals surface area contributed by atoms with Gasteiger partial charge in [0.1, 0.15) is 11.4 Å². The molecule has 7 nitrogen and oxygen atoms in total. The minimum Gasteiger partial charge on any atom is -0.355 e. The topological polar surface area (TPSA) is 79.6 Å². The number of piperidine rings is 1. The molecule has 4 rings (SSSR count). The molecule has 0 aliphatic carbocycles. The van der Waals surface area contributed by atoms with E-state index >= 15 is 0 Å². The van der Waals surface area contributed by atoms with Gasteiger partial charge in [-0.3, -0.25) is 14.0 Å². The van der Waals surface area contributed by atoms with Gasteiger partial charge in [0.25, 0.3) is 5.91 Å². The molecule has 0 saturated carbocycles. The summed E-state index contributed by atoms with van der Waals surface area (Å²) in [5.41, 5.74) is -0.673. The summed E-state index contributed by atoms with van der Waals surface area (Å²) in [5.74, 6) is -0.164. The Bertz CT molecular complexity index is 1160. The Morgan fingerprint density at radius 3 is 2.48 bits per heavy atom. The zero-order chi connectivity index (χ0) is 23.6. The highest BCUT2D eigenvalue weighted by molar-refractivity contribution is 6.30. The number of rotatable bonds is 5. The average Bonchev–Trinajstić information content (AvgIpc) is 3.20. The van der Waals surface area contributed by atoms with Crippen molar-refractivity contribution in [3.8, 4) is 0 Å². The number of hydrogen-bond acceptors (Lipinski definition) is 4. The first kappa shape index (κ1) is 23.0. The van der Waals surface area contributed by atoms with Crippen LogP contribution in [-0.2, 0) is 17.4 Å². The van der Waals surface area contributed by atoms with Gasteiger partial charge in [-0.05, 0) is 31.0 Å². The van der Waals surface area contributed by atoms with Gasteiger partial charge in [0.05, 0.1) is 5.02 Å². The number of fused-ring (bicyclic) bond motifs is 1. The van der Waals surface area contributed by atoms with Crippen molar-refractivity contribution in [2.24, 2.45) is 5.92 Å². The number of alkyl halides is 3. The molecule has 1 aromatic carbocycles. The lowest BCUT2D eigenvalue weighted by molar-refractivity contribution is -0.136. The van der Waals surface area contributed by atoms with Crippen molar-refractivity contribution >= 4 is 29.1 Å². The molecule has 2 aromatic heterocycles. The highest BCUT2D eigenvalue weighted by atomic mass is 35.5. The normalized spacial score (nSPS) is 15.1. The van der Waals surface area contributed by atoms with Gasteiger partial charge in [-0.15, -0.1) is 10.2 Å². The fourth-order valence-electron chi connectivity index (χ4n) is 3.93. The smallest absolute Gasteiger partial charge is 0.355 e. The Morgan fingerprint density at radius 1 is 1.12 bits per heavy atom. The van der Waals surface area contributed by atoms with E-state index in [2.05, 4.69) is 15.5 Å². The molecule has 0 bridgehead atoms. The van der Waals surface area contributed by atoms with Crippen LogP contribution in [0.3, 0.4) is 0 Å². The van der Waals surface area contributed by atoms with E-state index in [1.165, 1.54) is 10.6 Å². The maximum atomic E-state index is 13.2. The summed E-state index contributed by atoms with van der Waals surface area (Å²) in [6, 6.07) is 9.81. The number of nitrogens with zero attached hydrogens (tertiary/aromatic N) is 4. The van der Waals surface area contributed by atoms with E-state index in [0.29, 0.717) is 31.5 Å². The van der Waals surface area contributed by atoms with Crippen LogP contribution < -0.4 is 5.32 Å². The van der Waals surface area contributed by atoms with E-state index in [1.54, 1.807) is 17.0 Å².